The Kier molecular flexibility index (Phi) is 3.12. The molecule has 1 aromatic rings. The standard InChI is InChI=1S/C15H20FNO2/c1-9-2-3-10(6-12(9)16)14(18)15(8-17)7-11-4-5-13(15)19-11/h2-3,6,11,13-14,18H,4-5,7-8,17H2,1H3. The zero-order chi connectivity index (χ0) is 13.6. The van der Waals surface area contributed by atoms with Gasteiger partial charge in [-0.1, -0.05) is 12.1 Å². The van der Waals surface area contributed by atoms with E-state index in [9.17, 15) is 9.50 Å². The van der Waals surface area contributed by atoms with E-state index in [4.69, 9.17) is 10.5 Å². The lowest BCUT2D eigenvalue weighted by molar-refractivity contribution is -0.0265. The van der Waals surface area contributed by atoms with Gasteiger partial charge in [0.1, 0.15) is 5.82 Å². The summed E-state index contributed by atoms with van der Waals surface area (Å²) in [6.07, 6.45) is 2.20. The summed E-state index contributed by atoms with van der Waals surface area (Å²) in [4.78, 5) is 0. The molecule has 0 aliphatic carbocycles. The molecule has 4 unspecified atom stereocenters. The van der Waals surface area contributed by atoms with Gasteiger partial charge in [-0.05, 0) is 43.4 Å². The number of halogens is 1. The molecule has 2 saturated heterocycles. The number of rotatable bonds is 3. The van der Waals surface area contributed by atoms with Crippen molar-refractivity contribution in [2.45, 2.75) is 44.5 Å². The summed E-state index contributed by atoms with van der Waals surface area (Å²) < 4.78 is 19.5. The van der Waals surface area contributed by atoms with Crippen LogP contribution in [-0.4, -0.2) is 23.9 Å². The Balaban J connectivity index is 1.93. The average Bonchev–Trinajstić information content (AvgIpc) is 3.02. The number of fused-ring (bicyclic) bond motifs is 2. The van der Waals surface area contributed by atoms with Crippen molar-refractivity contribution < 1.29 is 14.2 Å². The lowest BCUT2D eigenvalue weighted by Gasteiger charge is -2.38. The molecule has 0 spiro atoms. The Labute approximate surface area is 112 Å². The minimum absolute atomic E-state index is 0.00173. The summed E-state index contributed by atoms with van der Waals surface area (Å²) in [5.74, 6) is -0.284. The van der Waals surface area contributed by atoms with Crippen LogP contribution in [0.3, 0.4) is 0 Å². The lowest BCUT2D eigenvalue weighted by Crippen LogP contribution is -2.44. The molecule has 2 aliphatic heterocycles. The van der Waals surface area contributed by atoms with Crippen molar-refractivity contribution in [3.05, 3.63) is 35.1 Å². The van der Waals surface area contributed by atoms with Crippen LogP contribution >= 0.6 is 0 Å². The molecule has 1 aromatic carbocycles. The third-order valence-corrected chi connectivity index (χ3v) is 4.79. The van der Waals surface area contributed by atoms with Crippen LogP contribution in [0.4, 0.5) is 4.39 Å². The summed E-state index contributed by atoms with van der Waals surface area (Å²) in [5, 5.41) is 10.7. The highest BCUT2D eigenvalue weighted by Crippen LogP contribution is 2.53. The van der Waals surface area contributed by atoms with Gasteiger partial charge < -0.3 is 15.6 Å². The second kappa shape index (κ2) is 4.54. The van der Waals surface area contributed by atoms with Crippen molar-refractivity contribution in [3.8, 4) is 0 Å². The molecule has 19 heavy (non-hydrogen) atoms. The van der Waals surface area contributed by atoms with E-state index in [0.717, 1.165) is 19.3 Å². The van der Waals surface area contributed by atoms with E-state index in [-0.39, 0.29) is 18.0 Å². The molecule has 0 aromatic heterocycles. The third kappa shape index (κ3) is 1.90. The van der Waals surface area contributed by atoms with Gasteiger partial charge in [-0.15, -0.1) is 0 Å². The number of aliphatic hydroxyl groups excluding tert-OH is 1. The van der Waals surface area contributed by atoms with Crippen molar-refractivity contribution in [2.75, 3.05) is 6.54 Å². The highest BCUT2D eigenvalue weighted by Gasteiger charge is 2.55. The topological polar surface area (TPSA) is 55.5 Å². The van der Waals surface area contributed by atoms with Gasteiger partial charge in [-0.2, -0.15) is 0 Å². The van der Waals surface area contributed by atoms with Gasteiger partial charge in [0.15, 0.2) is 0 Å². The van der Waals surface area contributed by atoms with Crippen molar-refractivity contribution in [1.29, 1.82) is 0 Å². The Bertz CT molecular complexity index is 493. The number of ether oxygens (including phenoxy) is 1. The molecule has 0 amide bonds. The Morgan fingerprint density at radius 2 is 2.32 bits per heavy atom. The van der Waals surface area contributed by atoms with E-state index < -0.39 is 11.5 Å². The van der Waals surface area contributed by atoms with Crippen LogP contribution < -0.4 is 5.73 Å². The fourth-order valence-corrected chi connectivity index (χ4v) is 3.56. The maximum atomic E-state index is 13.7. The van der Waals surface area contributed by atoms with Gasteiger partial charge in [-0.3, -0.25) is 0 Å². The SMILES string of the molecule is Cc1ccc(C(O)C2(CN)CC3CCC2O3)cc1F. The molecule has 0 saturated carbocycles. The first-order valence-electron chi connectivity index (χ1n) is 6.86. The van der Waals surface area contributed by atoms with E-state index in [0.29, 0.717) is 17.7 Å². The number of aliphatic hydroxyl groups is 1. The first-order chi connectivity index (χ1) is 9.06. The highest BCUT2D eigenvalue weighted by molar-refractivity contribution is 5.27. The molecule has 2 aliphatic rings. The minimum atomic E-state index is -0.761. The normalized spacial score (nSPS) is 34.7. The third-order valence-electron chi connectivity index (χ3n) is 4.79. The molecule has 4 atom stereocenters. The second-order valence-corrected chi connectivity index (χ2v) is 5.88. The molecule has 3 nitrogen and oxygen atoms in total. The predicted octanol–water partition coefficient (Wildman–Crippen LogP) is 2.06. The number of nitrogens with two attached hydrogens (primary N) is 1. The summed E-state index contributed by atoms with van der Waals surface area (Å²) in [6, 6.07) is 4.90. The van der Waals surface area contributed by atoms with Gasteiger partial charge in [0, 0.05) is 12.0 Å². The zero-order valence-corrected chi connectivity index (χ0v) is 11.1. The number of hydrogen-bond acceptors (Lipinski definition) is 3. The molecular weight excluding hydrogens is 245 g/mol. The van der Waals surface area contributed by atoms with Crippen LogP contribution in [0.2, 0.25) is 0 Å². The fraction of sp³-hybridized carbons (Fsp3) is 0.600. The van der Waals surface area contributed by atoms with E-state index in [1.165, 1.54) is 6.07 Å². The van der Waals surface area contributed by atoms with E-state index in [1.54, 1.807) is 19.1 Å². The van der Waals surface area contributed by atoms with Crippen LogP contribution in [-0.2, 0) is 4.74 Å². The molecule has 3 N–H and O–H groups in total. The number of aryl methyl sites for hydroxylation is 1. The maximum absolute atomic E-state index is 13.7. The molecule has 3 rings (SSSR count). The van der Waals surface area contributed by atoms with Crippen molar-refractivity contribution >= 4 is 0 Å². The van der Waals surface area contributed by atoms with Gasteiger partial charge in [0.25, 0.3) is 0 Å². The van der Waals surface area contributed by atoms with Crippen LogP contribution in [0.5, 0.6) is 0 Å². The van der Waals surface area contributed by atoms with Gasteiger partial charge in [0.2, 0.25) is 0 Å². The van der Waals surface area contributed by atoms with Crippen LogP contribution in [0.15, 0.2) is 18.2 Å². The second-order valence-electron chi connectivity index (χ2n) is 5.88. The van der Waals surface area contributed by atoms with Crippen LogP contribution in [0, 0.1) is 18.2 Å². The molecule has 2 bridgehead atoms. The molecule has 2 heterocycles. The van der Waals surface area contributed by atoms with Crippen molar-refractivity contribution in [3.63, 3.8) is 0 Å². The molecule has 104 valence electrons. The number of benzene rings is 1. The Hall–Kier alpha value is -0.970. The zero-order valence-electron chi connectivity index (χ0n) is 11.1. The summed E-state index contributed by atoms with van der Waals surface area (Å²) in [7, 11) is 0. The monoisotopic (exact) mass is 265 g/mol. The maximum Gasteiger partial charge on any atom is 0.126 e. The average molecular weight is 265 g/mol. The molecule has 2 fully saturated rings. The summed E-state index contributed by atoms with van der Waals surface area (Å²) >= 11 is 0. The Morgan fingerprint density at radius 3 is 2.84 bits per heavy atom. The van der Waals surface area contributed by atoms with E-state index >= 15 is 0 Å². The quantitative estimate of drug-likeness (QED) is 0.879. The van der Waals surface area contributed by atoms with E-state index in [1.807, 2.05) is 0 Å². The highest BCUT2D eigenvalue weighted by atomic mass is 19.1. The van der Waals surface area contributed by atoms with Gasteiger partial charge in [0.05, 0.1) is 18.3 Å². The number of hydrogen-bond donors (Lipinski definition) is 2. The van der Waals surface area contributed by atoms with Crippen LogP contribution in [0.25, 0.3) is 0 Å². The smallest absolute Gasteiger partial charge is 0.126 e. The van der Waals surface area contributed by atoms with Crippen molar-refractivity contribution in [2.24, 2.45) is 11.1 Å². The molecule has 4 heteroatoms. The first-order valence-corrected chi connectivity index (χ1v) is 6.86. The van der Waals surface area contributed by atoms with Crippen molar-refractivity contribution in [1.82, 2.24) is 0 Å². The Morgan fingerprint density at radius 1 is 1.53 bits per heavy atom. The first kappa shape index (κ1) is 13.0. The largest absolute Gasteiger partial charge is 0.388 e. The predicted molar refractivity (Wildman–Crippen MR) is 70.1 cm³/mol. The van der Waals surface area contributed by atoms with Crippen LogP contribution in [0.1, 0.15) is 36.5 Å². The van der Waals surface area contributed by atoms with Gasteiger partial charge in [-0.25, -0.2) is 4.39 Å². The summed E-state index contributed by atoms with van der Waals surface area (Å²) in [6.45, 7) is 2.08. The molecular formula is C15H20FNO2. The minimum Gasteiger partial charge on any atom is -0.388 e. The summed E-state index contributed by atoms with van der Waals surface area (Å²) in [5.41, 5.74) is 6.66. The van der Waals surface area contributed by atoms with E-state index in [2.05, 4.69) is 0 Å². The lowest BCUT2D eigenvalue weighted by atomic mass is 9.68. The van der Waals surface area contributed by atoms with Gasteiger partial charge >= 0.3 is 0 Å². The molecule has 0 radical (unpaired) electrons. The fourth-order valence-electron chi connectivity index (χ4n) is 3.56.